The summed E-state index contributed by atoms with van der Waals surface area (Å²) >= 11 is 0. The lowest BCUT2D eigenvalue weighted by molar-refractivity contribution is -0.384. The molecule has 2 aliphatic rings. The van der Waals surface area contributed by atoms with E-state index in [-0.39, 0.29) is 16.3 Å². The number of aryl methyl sites for hydroxylation is 1. The topological polar surface area (TPSA) is 86.2 Å². The lowest BCUT2D eigenvalue weighted by Crippen LogP contribution is -2.33. The van der Waals surface area contributed by atoms with Crippen molar-refractivity contribution in [3.63, 3.8) is 0 Å². The number of non-ortho nitro benzene ring substituents is 1. The highest BCUT2D eigenvalue weighted by Crippen LogP contribution is 2.37. The van der Waals surface area contributed by atoms with E-state index in [0.29, 0.717) is 18.5 Å². The molecule has 4 rings (SSSR count). The minimum absolute atomic E-state index is 0.00141. The molecule has 2 heterocycles. The molecule has 0 radical (unpaired) electrons. The number of nitrogens with zero attached hydrogens (tertiary/aromatic N) is 5. The number of hydrogen-bond acceptors (Lipinski definition) is 5. The van der Waals surface area contributed by atoms with E-state index in [4.69, 9.17) is 0 Å². The maximum Gasteiger partial charge on any atom is 0.345 e. The van der Waals surface area contributed by atoms with Crippen LogP contribution in [0.1, 0.15) is 49.0 Å². The normalized spacial score (nSPS) is 19.0. The molecule has 138 valence electrons. The second kappa shape index (κ2) is 6.68. The Morgan fingerprint density at radius 3 is 2.62 bits per heavy atom. The van der Waals surface area contributed by atoms with Gasteiger partial charge in [0.2, 0.25) is 0 Å². The van der Waals surface area contributed by atoms with Gasteiger partial charge in [-0.05, 0) is 44.3 Å². The fourth-order valence-electron chi connectivity index (χ4n) is 3.83. The summed E-state index contributed by atoms with van der Waals surface area (Å²) < 4.78 is 3.37. The van der Waals surface area contributed by atoms with Gasteiger partial charge in [-0.1, -0.05) is 12.1 Å². The first-order chi connectivity index (χ1) is 12.5. The van der Waals surface area contributed by atoms with E-state index < -0.39 is 0 Å². The van der Waals surface area contributed by atoms with Crippen LogP contribution in [0, 0.1) is 10.1 Å². The average molecular weight is 357 g/mol. The van der Waals surface area contributed by atoms with E-state index in [2.05, 4.69) is 10.00 Å². The van der Waals surface area contributed by atoms with E-state index in [9.17, 15) is 14.9 Å². The first-order valence-electron chi connectivity index (χ1n) is 9.14. The summed E-state index contributed by atoms with van der Waals surface area (Å²) in [6, 6.07) is 7.18. The molecule has 1 saturated carbocycles. The van der Waals surface area contributed by atoms with Crippen LogP contribution < -0.4 is 5.69 Å². The highest BCUT2D eigenvalue weighted by Gasteiger charge is 2.33. The third kappa shape index (κ3) is 3.29. The van der Waals surface area contributed by atoms with E-state index in [1.807, 2.05) is 10.6 Å². The summed E-state index contributed by atoms with van der Waals surface area (Å²) in [5, 5.41) is 15.4. The van der Waals surface area contributed by atoms with Gasteiger partial charge >= 0.3 is 5.69 Å². The summed E-state index contributed by atoms with van der Waals surface area (Å²) in [5.74, 6) is 1.25. The van der Waals surface area contributed by atoms with Crippen LogP contribution in [0.5, 0.6) is 0 Å². The van der Waals surface area contributed by atoms with Gasteiger partial charge in [0.1, 0.15) is 5.82 Å². The van der Waals surface area contributed by atoms with Crippen LogP contribution in [-0.4, -0.2) is 37.3 Å². The van der Waals surface area contributed by atoms with Crippen molar-refractivity contribution in [1.29, 1.82) is 0 Å². The molecule has 0 unspecified atom stereocenters. The Morgan fingerprint density at radius 2 is 1.96 bits per heavy atom. The largest absolute Gasteiger partial charge is 0.345 e. The summed E-state index contributed by atoms with van der Waals surface area (Å²) in [5.41, 5.74) is 1.10. The quantitative estimate of drug-likeness (QED) is 0.605. The Balaban J connectivity index is 1.42. The van der Waals surface area contributed by atoms with Gasteiger partial charge in [-0.3, -0.25) is 19.6 Å². The van der Waals surface area contributed by atoms with E-state index in [1.54, 1.807) is 19.2 Å². The number of nitro groups is 1. The SMILES string of the molecule is Cn1nc(C2CCN(Cc3cccc([N+](=O)[O-])c3)CC2)n(C2CC2)c1=O. The Morgan fingerprint density at radius 1 is 1.23 bits per heavy atom. The van der Waals surface area contributed by atoms with Gasteiger partial charge in [0.05, 0.1) is 4.92 Å². The smallest absolute Gasteiger partial charge is 0.299 e. The lowest BCUT2D eigenvalue weighted by atomic mass is 9.95. The fourth-order valence-corrected chi connectivity index (χ4v) is 3.83. The van der Waals surface area contributed by atoms with Crippen LogP contribution in [0.3, 0.4) is 0 Å². The van der Waals surface area contributed by atoms with Gasteiger partial charge < -0.3 is 0 Å². The van der Waals surface area contributed by atoms with Crippen LogP contribution >= 0.6 is 0 Å². The molecule has 8 heteroatoms. The number of nitro benzene ring substituents is 1. The molecule has 1 aliphatic carbocycles. The van der Waals surface area contributed by atoms with Crippen molar-refractivity contribution < 1.29 is 4.92 Å². The standard InChI is InChI=1S/C18H23N5O3/c1-20-18(24)22(15-5-6-15)17(19-20)14-7-9-21(10-8-14)12-13-3-2-4-16(11-13)23(25)26/h2-4,11,14-15H,5-10,12H2,1H3. The molecule has 0 atom stereocenters. The Hall–Kier alpha value is -2.48. The molecule has 0 amide bonds. The van der Waals surface area contributed by atoms with Crippen LogP contribution in [-0.2, 0) is 13.6 Å². The van der Waals surface area contributed by atoms with Gasteiger partial charge in [0.15, 0.2) is 0 Å². The van der Waals surface area contributed by atoms with E-state index in [0.717, 1.165) is 50.2 Å². The minimum atomic E-state index is -0.353. The van der Waals surface area contributed by atoms with Crippen LogP contribution in [0.4, 0.5) is 5.69 Å². The van der Waals surface area contributed by atoms with Crippen molar-refractivity contribution >= 4 is 5.69 Å². The number of piperidine rings is 1. The first kappa shape index (κ1) is 17.0. The maximum absolute atomic E-state index is 12.3. The summed E-state index contributed by atoms with van der Waals surface area (Å²) in [6.07, 6.45) is 4.06. The zero-order valence-corrected chi connectivity index (χ0v) is 14.9. The molecule has 2 fully saturated rings. The van der Waals surface area contributed by atoms with Gasteiger partial charge in [0.25, 0.3) is 5.69 Å². The summed E-state index contributed by atoms with van der Waals surface area (Å²) in [7, 11) is 1.72. The zero-order chi connectivity index (χ0) is 18.3. The second-order valence-corrected chi connectivity index (χ2v) is 7.34. The van der Waals surface area contributed by atoms with Crippen LogP contribution in [0.15, 0.2) is 29.1 Å². The second-order valence-electron chi connectivity index (χ2n) is 7.34. The summed E-state index contributed by atoms with van der Waals surface area (Å²) in [6.45, 7) is 2.53. The Labute approximate surface area is 151 Å². The minimum Gasteiger partial charge on any atom is -0.299 e. The van der Waals surface area contributed by atoms with Crippen molar-refractivity contribution in [2.75, 3.05) is 13.1 Å². The predicted octanol–water partition coefficient (Wildman–Crippen LogP) is 2.20. The molecule has 2 aromatic rings. The highest BCUT2D eigenvalue weighted by atomic mass is 16.6. The van der Waals surface area contributed by atoms with E-state index >= 15 is 0 Å². The maximum atomic E-state index is 12.3. The number of likely N-dealkylation sites (tertiary alicyclic amines) is 1. The molecule has 0 bridgehead atoms. The lowest BCUT2D eigenvalue weighted by Gasteiger charge is -2.31. The molecular formula is C18H23N5O3. The summed E-state index contributed by atoms with van der Waals surface area (Å²) in [4.78, 5) is 25.2. The van der Waals surface area contributed by atoms with Crippen LogP contribution in [0.2, 0.25) is 0 Å². The van der Waals surface area contributed by atoms with Gasteiger partial charge in [-0.2, -0.15) is 5.10 Å². The molecular weight excluding hydrogens is 334 g/mol. The Kier molecular flexibility index (Phi) is 4.36. The Bertz CT molecular complexity index is 875. The van der Waals surface area contributed by atoms with Crippen LogP contribution in [0.25, 0.3) is 0 Å². The van der Waals surface area contributed by atoms with Crippen molar-refractivity contribution in [1.82, 2.24) is 19.2 Å². The van der Waals surface area contributed by atoms with Crippen molar-refractivity contribution in [3.05, 3.63) is 56.3 Å². The molecule has 1 saturated heterocycles. The number of aromatic nitrogens is 3. The third-order valence-electron chi connectivity index (χ3n) is 5.37. The molecule has 1 aliphatic heterocycles. The molecule has 1 aromatic heterocycles. The molecule has 1 aromatic carbocycles. The third-order valence-corrected chi connectivity index (χ3v) is 5.37. The molecule has 26 heavy (non-hydrogen) atoms. The molecule has 0 spiro atoms. The van der Waals surface area contributed by atoms with Gasteiger partial charge in [-0.25, -0.2) is 9.48 Å². The van der Waals surface area contributed by atoms with Gasteiger partial charge in [0, 0.05) is 37.7 Å². The number of benzene rings is 1. The molecule has 8 nitrogen and oxygen atoms in total. The van der Waals surface area contributed by atoms with Crippen molar-refractivity contribution in [3.8, 4) is 0 Å². The number of rotatable bonds is 5. The zero-order valence-electron chi connectivity index (χ0n) is 14.9. The fraction of sp³-hybridized carbons (Fsp3) is 0.556. The first-order valence-corrected chi connectivity index (χ1v) is 9.14. The van der Waals surface area contributed by atoms with E-state index in [1.165, 1.54) is 10.7 Å². The average Bonchev–Trinajstić information content (AvgIpc) is 3.42. The number of hydrogen-bond donors (Lipinski definition) is 0. The van der Waals surface area contributed by atoms with Gasteiger partial charge in [-0.15, -0.1) is 0 Å². The van der Waals surface area contributed by atoms with Crippen molar-refractivity contribution in [2.24, 2.45) is 7.05 Å². The molecule has 0 N–H and O–H groups in total. The predicted molar refractivity (Wildman–Crippen MR) is 96.1 cm³/mol. The van der Waals surface area contributed by atoms with Crippen molar-refractivity contribution in [2.45, 2.75) is 44.2 Å². The highest BCUT2D eigenvalue weighted by molar-refractivity contribution is 5.34. The monoisotopic (exact) mass is 357 g/mol.